The fraction of sp³-hybridized carbons (Fsp3) is 0.500. The van der Waals surface area contributed by atoms with Gasteiger partial charge in [0, 0.05) is 13.0 Å². The number of hydrogen-bond donors (Lipinski definition) is 3. The molecular weight excluding hydrogens is 270 g/mol. The summed E-state index contributed by atoms with van der Waals surface area (Å²) in [4.78, 5) is 23.2. The van der Waals surface area contributed by atoms with Gasteiger partial charge in [-0.3, -0.25) is 9.59 Å². The van der Waals surface area contributed by atoms with Crippen molar-refractivity contribution < 1.29 is 19.8 Å². The summed E-state index contributed by atoms with van der Waals surface area (Å²) < 4.78 is 0. The molecule has 0 fully saturated rings. The fourth-order valence-corrected chi connectivity index (χ4v) is 2.20. The summed E-state index contributed by atoms with van der Waals surface area (Å²) >= 11 is 0. The number of aryl methyl sites for hydroxylation is 1. The van der Waals surface area contributed by atoms with Crippen molar-refractivity contribution in [1.29, 1.82) is 0 Å². The summed E-state index contributed by atoms with van der Waals surface area (Å²) in [7, 11) is 0. The highest BCUT2D eigenvalue weighted by Crippen LogP contribution is 2.25. The second kappa shape index (κ2) is 7.67. The number of aliphatic carboxylic acids is 1. The zero-order valence-electron chi connectivity index (χ0n) is 12.6. The first-order valence-electron chi connectivity index (χ1n) is 7.22. The van der Waals surface area contributed by atoms with Crippen LogP contribution in [0.25, 0.3) is 0 Å². The number of para-hydroxylation sites is 1. The second-order valence-electron chi connectivity index (χ2n) is 5.20. The number of nitrogens with one attached hydrogen (secondary N) is 1. The minimum absolute atomic E-state index is 0.134. The van der Waals surface area contributed by atoms with Gasteiger partial charge < -0.3 is 15.5 Å². The van der Waals surface area contributed by atoms with Crippen LogP contribution in [-0.2, 0) is 16.0 Å². The molecule has 1 aromatic rings. The number of phenolic OH excluding ortho intramolecular Hbond substituents is 1. The standard InChI is InChI=1S/C16H23NO4/c1-3-16(4-2,15(20)21)11-17-14(19)10-9-12-7-5-6-8-13(12)18/h5-8,18H,3-4,9-11H2,1-2H3,(H,17,19)(H,20,21). The summed E-state index contributed by atoms with van der Waals surface area (Å²) in [5.41, 5.74) is -0.187. The van der Waals surface area contributed by atoms with Crippen molar-refractivity contribution >= 4 is 11.9 Å². The Morgan fingerprint density at radius 1 is 1.19 bits per heavy atom. The maximum absolute atomic E-state index is 11.8. The second-order valence-corrected chi connectivity index (χ2v) is 5.20. The predicted molar refractivity (Wildman–Crippen MR) is 80.1 cm³/mol. The van der Waals surface area contributed by atoms with E-state index in [0.717, 1.165) is 0 Å². The number of carboxylic acids is 1. The Balaban J connectivity index is 2.51. The lowest BCUT2D eigenvalue weighted by molar-refractivity contribution is -0.149. The molecule has 0 atom stereocenters. The molecule has 5 nitrogen and oxygen atoms in total. The summed E-state index contributed by atoms with van der Waals surface area (Å²) in [5.74, 6) is -0.911. The third kappa shape index (κ3) is 4.48. The van der Waals surface area contributed by atoms with E-state index in [1.165, 1.54) is 0 Å². The SMILES string of the molecule is CCC(CC)(CNC(=O)CCc1ccccc1O)C(=O)O. The van der Waals surface area contributed by atoms with Crippen LogP contribution in [-0.4, -0.2) is 28.6 Å². The first-order valence-corrected chi connectivity index (χ1v) is 7.22. The molecule has 116 valence electrons. The lowest BCUT2D eigenvalue weighted by atomic mass is 9.82. The molecule has 0 aliphatic carbocycles. The molecule has 0 aliphatic rings. The largest absolute Gasteiger partial charge is 0.508 e. The lowest BCUT2D eigenvalue weighted by Crippen LogP contribution is -2.42. The molecule has 1 aromatic carbocycles. The number of carboxylic acid groups (broad SMARTS) is 1. The summed E-state index contributed by atoms with van der Waals surface area (Å²) in [6.07, 6.45) is 1.59. The molecule has 0 saturated heterocycles. The number of carbonyl (C=O) groups excluding carboxylic acids is 1. The van der Waals surface area contributed by atoms with Gasteiger partial charge in [-0.25, -0.2) is 0 Å². The van der Waals surface area contributed by atoms with E-state index in [9.17, 15) is 19.8 Å². The van der Waals surface area contributed by atoms with Gasteiger partial charge in [0.1, 0.15) is 5.75 Å². The molecule has 3 N–H and O–H groups in total. The van der Waals surface area contributed by atoms with Crippen molar-refractivity contribution in [1.82, 2.24) is 5.32 Å². The molecule has 0 aliphatic heterocycles. The summed E-state index contributed by atoms with van der Waals surface area (Å²) in [6.45, 7) is 3.76. The molecular formula is C16H23NO4. The Kier molecular flexibility index (Phi) is 6.21. The first kappa shape index (κ1) is 17.0. The van der Waals surface area contributed by atoms with Crippen LogP contribution in [0.15, 0.2) is 24.3 Å². The summed E-state index contributed by atoms with van der Waals surface area (Å²) in [6, 6.07) is 6.87. The van der Waals surface area contributed by atoms with Crippen LogP contribution in [0.3, 0.4) is 0 Å². The maximum Gasteiger partial charge on any atom is 0.311 e. The van der Waals surface area contributed by atoms with Crippen LogP contribution < -0.4 is 5.32 Å². The van der Waals surface area contributed by atoms with E-state index in [-0.39, 0.29) is 24.6 Å². The third-order valence-electron chi connectivity index (χ3n) is 4.04. The Labute approximate surface area is 125 Å². The maximum atomic E-state index is 11.8. The molecule has 0 bridgehead atoms. The molecule has 5 heteroatoms. The number of amides is 1. The quantitative estimate of drug-likeness (QED) is 0.686. The van der Waals surface area contributed by atoms with Crippen molar-refractivity contribution in [3.8, 4) is 5.75 Å². The van der Waals surface area contributed by atoms with Crippen LogP contribution >= 0.6 is 0 Å². The molecule has 21 heavy (non-hydrogen) atoms. The molecule has 1 amide bonds. The van der Waals surface area contributed by atoms with Gasteiger partial charge >= 0.3 is 5.97 Å². The molecule has 0 radical (unpaired) electrons. The number of carbonyl (C=O) groups is 2. The van der Waals surface area contributed by atoms with Crippen LogP contribution in [0.2, 0.25) is 0 Å². The Morgan fingerprint density at radius 3 is 2.33 bits per heavy atom. The molecule has 1 rings (SSSR count). The first-order chi connectivity index (χ1) is 9.95. The number of phenols is 1. The van der Waals surface area contributed by atoms with Crippen LogP contribution in [0.1, 0.15) is 38.7 Å². The fourth-order valence-electron chi connectivity index (χ4n) is 2.20. The molecule has 0 aromatic heterocycles. The highest BCUT2D eigenvalue weighted by Gasteiger charge is 2.34. The average Bonchev–Trinajstić information content (AvgIpc) is 2.47. The smallest absolute Gasteiger partial charge is 0.311 e. The van der Waals surface area contributed by atoms with E-state index in [1.807, 2.05) is 13.8 Å². The van der Waals surface area contributed by atoms with Gasteiger partial charge in [0.2, 0.25) is 5.91 Å². The number of rotatable bonds is 8. The number of hydrogen-bond acceptors (Lipinski definition) is 3. The van der Waals surface area contributed by atoms with Crippen LogP contribution in [0, 0.1) is 5.41 Å². The number of aromatic hydroxyl groups is 1. The Hall–Kier alpha value is -2.04. The number of benzene rings is 1. The van der Waals surface area contributed by atoms with Gasteiger partial charge in [0.05, 0.1) is 5.41 Å². The minimum Gasteiger partial charge on any atom is -0.508 e. The highest BCUT2D eigenvalue weighted by molar-refractivity contribution is 5.79. The Morgan fingerprint density at radius 2 is 1.81 bits per heavy atom. The normalized spacial score (nSPS) is 11.1. The van der Waals surface area contributed by atoms with E-state index < -0.39 is 11.4 Å². The Bertz CT molecular complexity index is 495. The molecule has 0 spiro atoms. The van der Waals surface area contributed by atoms with Crippen molar-refractivity contribution in [2.24, 2.45) is 5.41 Å². The predicted octanol–water partition coefficient (Wildman–Crippen LogP) is 2.33. The molecule has 0 unspecified atom stereocenters. The summed E-state index contributed by atoms with van der Waals surface area (Å²) in [5, 5.41) is 21.6. The van der Waals surface area contributed by atoms with Crippen molar-refractivity contribution in [2.75, 3.05) is 6.54 Å². The monoisotopic (exact) mass is 293 g/mol. The zero-order chi connectivity index (χ0) is 15.9. The van der Waals surface area contributed by atoms with Gasteiger partial charge in [-0.05, 0) is 30.9 Å². The third-order valence-corrected chi connectivity index (χ3v) is 4.04. The van der Waals surface area contributed by atoms with E-state index in [4.69, 9.17) is 0 Å². The van der Waals surface area contributed by atoms with Gasteiger partial charge in [-0.1, -0.05) is 32.0 Å². The van der Waals surface area contributed by atoms with Crippen molar-refractivity contribution in [2.45, 2.75) is 39.5 Å². The topological polar surface area (TPSA) is 86.6 Å². The van der Waals surface area contributed by atoms with E-state index in [1.54, 1.807) is 24.3 Å². The van der Waals surface area contributed by atoms with Gasteiger partial charge in [0.25, 0.3) is 0 Å². The lowest BCUT2D eigenvalue weighted by Gasteiger charge is -2.26. The average molecular weight is 293 g/mol. The van der Waals surface area contributed by atoms with Crippen LogP contribution in [0.5, 0.6) is 5.75 Å². The van der Waals surface area contributed by atoms with Gasteiger partial charge in [0.15, 0.2) is 0 Å². The van der Waals surface area contributed by atoms with Crippen molar-refractivity contribution in [3.05, 3.63) is 29.8 Å². The van der Waals surface area contributed by atoms with Gasteiger partial charge in [-0.2, -0.15) is 0 Å². The zero-order valence-corrected chi connectivity index (χ0v) is 12.6. The van der Waals surface area contributed by atoms with Crippen LogP contribution in [0.4, 0.5) is 0 Å². The highest BCUT2D eigenvalue weighted by atomic mass is 16.4. The minimum atomic E-state index is -0.898. The van der Waals surface area contributed by atoms with E-state index >= 15 is 0 Å². The van der Waals surface area contributed by atoms with E-state index in [2.05, 4.69) is 5.32 Å². The molecule has 0 heterocycles. The molecule has 0 saturated carbocycles. The van der Waals surface area contributed by atoms with Gasteiger partial charge in [-0.15, -0.1) is 0 Å². The van der Waals surface area contributed by atoms with Crippen molar-refractivity contribution in [3.63, 3.8) is 0 Å². The van der Waals surface area contributed by atoms with E-state index in [0.29, 0.717) is 24.8 Å².